The largest absolute Gasteiger partial charge is 0.354 e. The molecule has 1 heterocycles. The molecule has 3 aromatic rings. The van der Waals surface area contributed by atoms with Crippen LogP contribution in [0.3, 0.4) is 0 Å². The summed E-state index contributed by atoms with van der Waals surface area (Å²) < 4.78 is 1.05. The van der Waals surface area contributed by atoms with Gasteiger partial charge in [0, 0.05) is 6.54 Å². The molecule has 1 amide bonds. The molecular formula is C19H19N3O3. The Morgan fingerprint density at radius 1 is 1.04 bits per heavy atom. The lowest BCUT2D eigenvalue weighted by Gasteiger charge is -2.13. The first-order chi connectivity index (χ1) is 12.1. The molecule has 1 atom stereocenters. The van der Waals surface area contributed by atoms with Gasteiger partial charge in [-0.3, -0.25) is 19.5 Å². The first kappa shape index (κ1) is 16.7. The van der Waals surface area contributed by atoms with E-state index in [1.807, 2.05) is 37.3 Å². The molecule has 6 heteroatoms. The summed E-state index contributed by atoms with van der Waals surface area (Å²) in [6.07, 6.45) is 0. The van der Waals surface area contributed by atoms with E-state index in [2.05, 4.69) is 10.4 Å². The molecule has 25 heavy (non-hydrogen) atoms. The lowest BCUT2D eigenvalue weighted by molar-refractivity contribution is -0.121. The summed E-state index contributed by atoms with van der Waals surface area (Å²) in [5, 5.41) is 5.88. The van der Waals surface area contributed by atoms with Gasteiger partial charge in [-0.25, -0.2) is 4.68 Å². The summed E-state index contributed by atoms with van der Waals surface area (Å²) >= 11 is 0. The molecule has 0 radical (unpaired) electrons. The van der Waals surface area contributed by atoms with Gasteiger partial charge in [-0.05, 0) is 23.6 Å². The summed E-state index contributed by atoms with van der Waals surface area (Å²) in [6, 6.07) is 16.4. The van der Waals surface area contributed by atoms with E-state index in [-0.39, 0.29) is 29.5 Å². The average molecular weight is 337 g/mol. The summed E-state index contributed by atoms with van der Waals surface area (Å²) in [4.78, 5) is 36.6. The Kier molecular flexibility index (Phi) is 4.79. The Bertz CT molecular complexity index is 1010. The van der Waals surface area contributed by atoms with Crippen molar-refractivity contribution in [2.45, 2.75) is 19.4 Å². The van der Waals surface area contributed by atoms with Gasteiger partial charge in [0.15, 0.2) is 0 Å². The molecule has 1 unspecified atom stereocenters. The zero-order valence-corrected chi connectivity index (χ0v) is 13.9. The van der Waals surface area contributed by atoms with Gasteiger partial charge in [-0.2, -0.15) is 0 Å². The van der Waals surface area contributed by atoms with E-state index < -0.39 is 0 Å². The molecule has 6 nitrogen and oxygen atoms in total. The summed E-state index contributed by atoms with van der Waals surface area (Å²) in [6.45, 7) is 2.25. The number of carbonyl (C=O) groups is 1. The van der Waals surface area contributed by atoms with E-state index in [9.17, 15) is 14.4 Å². The van der Waals surface area contributed by atoms with Gasteiger partial charge in [0.2, 0.25) is 5.91 Å². The summed E-state index contributed by atoms with van der Waals surface area (Å²) in [5.41, 5.74) is 0.348. The number of carbonyl (C=O) groups excluding carboxylic acids is 1. The number of aromatic amines is 1. The summed E-state index contributed by atoms with van der Waals surface area (Å²) in [5.74, 6) is -0.173. The smallest absolute Gasteiger partial charge is 0.273 e. The monoisotopic (exact) mass is 337 g/mol. The second-order valence-electron chi connectivity index (χ2n) is 5.99. The quantitative estimate of drug-likeness (QED) is 0.742. The molecule has 0 aliphatic carbocycles. The van der Waals surface area contributed by atoms with Crippen molar-refractivity contribution in [3.05, 3.63) is 80.9 Å². The molecule has 1 aromatic heterocycles. The van der Waals surface area contributed by atoms with E-state index in [1.54, 1.807) is 24.3 Å². The highest BCUT2D eigenvalue weighted by Crippen LogP contribution is 2.12. The van der Waals surface area contributed by atoms with Crippen LogP contribution in [-0.4, -0.2) is 22.2 Å². The molecular weight excluding hydrogens is 318 g/mol. The van der Waals surface area contributed by atoms with Crippen molar-refractivity contribution in [1.29, 1.82) is 0 Å². The minimum absolute atomic E-state index is 0.150. The van der Waals surface area contributed by atoms with Gasteiger partial charge in [0.05, 0.1) is 10.8 Å². The number of H-pyrrole nitrogens is 1. The van der Waals surface area contributed by atoms with E-state index in [0.717, 1.165) is 10.2 Å². The van der Waals surface area contributed by atoms with E-state index in [1.165, 1.54) is 0 Å². The van der Waals surface area contributed by atoms with Gasteiger partial charge in [-0.15, -0.1) is 0 Å². The number of hydrogen-bond acceptors (Lipinski definition) is 3. The fraction of sp³-hybridized carbons (Fsp3) is 0.211. The topological polar surface area (TPSA) is 84.0 Å². The molecule has 0 spiro atoms. The van der Waals surface area contributed by atoms with Crippen LogP contribution in [0.1, 0.15) is 18.4 Å². The Hall–Kier alpha value is -3.15. The maximum absolute atomic E-state index is 12.4. The van der Waals surface area contributed by atoms with Crippen LogP contribution in [-0.2, 0) is 11.3 Å². The van der Waals surface area contributed by atoms with Crippen LogP contribution in [0.5, 0.6) is 0 Å². The number of amides is 1. The SMILES string of the molecule is CC(CNC(=O)Cn1[nH]c(=O)c2ccccc2c1=O)c1ccccc1. The first-order valence-corrected chi connectivity index (χ1v) is 8.10. The number of benzene rings is 2. The minimum atomic E-state index is -0.388. The number of fused-ring (bicyclic) bond motifs is 1. The second kappa shape index (κ2) is 7.17. The predicted molar refractivity (Wildman–Crippen MR) is 96.7 cm³/mol. The third-order valence-corrected chi connectivity index (χ3v) is 4.16. The molecule has 0 fully saturated rings. The van der Waals surface area contributed by atoms with Crippen LogP contribution >= 0.6 is 0 Å². The first-order valence-electron chi connectivity index (χ1n) is 8.10. The molecule has 2 aromatic carbocycles. The molecule has 0 bridgehead atoms. The Labute approximate surface area is 144 Å². The van der Waals surface area contributed by atoms with Crippen molar-refractivity contribution in [3.63, 3.8) is 0 Å². The zero-order valence-electron chi connectivity index (χ0n) is 13.9. The molecule has 128 valence electrons. The van der Waals surface area contributed by atoms with Crippen molar-refractivity contribution >= 4 is 16.7 Å². The van der Waals surface area contributed by atoms with Gasteiger partial charge in [0.25, 0.3) is 11.1 Å². The van der Waals surface area contributed by atoms with E-state index in [4.69, 9.17) is 0 Å². The standard InChI is InChI=1S/C19H19N3O3/c1-13(14-7-3-2-4-8-14)11-20-17(23)12-22-19(25)16-10-6-5-9-15(16)18(24)21-22/h2-10,13H,11-12H2,1H3,(H,20,23)(H,21,24). The number of nitrogens with zero attached hydrogens (tertiary/aromatic N) is 1. The highest BCUT2D eigenvalue weighted by Gasteiger charge is 2.11. The maximum atomic E-state index is 12.4. The molecule has 2 N–H and O–H groups in total. The normalized spacial score (nSPS) is 12.0. The van der Waals surface area contributed by atoms with E-state index in [0.29, 0.717) is 17.3 Å². The number of aromatic nitrogens is 2. The van der Waals surface area contributed by atoms with Crippen LogP contribution in [0, 0.1) is 0 Å². The van der Waals surface area contributed by atoms with Crippen LogP contribution in [0.25, 0.3) is 10.8 Å². The average Bonchev–Trinajstić information content (AvgIpc) is 2.64. The van der Waals surface area contributed by atoms with Crippen molar-refractivity contribution in [1.82, 2.24) is 15.1 Å². The number of rotatable bonds is 5. The Morgan fingerprint density at radius 2 is 1.68 bits per heavy atom. The zero-order chi connectivity index (χ0) is 17.8. The van der Waals surface area contributed by atoms with Crippen molar-refractivity contribution < 1.29 is 4.79 Å². The fourth-order valence-corrected chi connectivity index (χ4v) is 2.72. The number of nitrogens with one attached hydrogen (secondary N) is 2. The van der Waals surface area contributed by atoms with Gasteiger partial charge in [-0.1, -0.05) is 49.4 Å². The van der Waals surface area contributed by atoms with Crippen LogP contribution in [0.15, 0.2) is 64.2 Å². The second-order valence-corrected chi connectivity index (χ2v) is 5.99. The Balaban J connectivity index is 1.71. The molecule has 3 rings (SSSR count). The van der Waals surface area contributed by atoms with Crippen LogP contribution in [0.2, 0.25) is 0 Å². The predicted octanol–water partition coefficient (Wildman–Crippen LogP) is 1.61. The van der Waals surface area contributed by atoms with Crippen molar-refractivity contribution in [2.24, 2.45) is 0 Å². The molecule has 0 saturated carbocycles. The van der Waals surface area contributed by atoms with Crippen molar-refractivity contribution in [3.8, 4) is 0 Å². The Morgan fingerprint density at radius 3 is 2.40 bits per heavy atom. The molecule has 0 saturated heterocycles. The third kappa shape index (κ3) is 3.68. The van der Waals surface area contributed by atoms with Gasteiger partial charge >= 0.3 is 0 Å². The lowest BCUT2D eigenvalue weighted by Crippen LogP contribution is -2.37. The third-order valence-electron chi connectivity index (χ3n) is 4.16. The van der Waals surface area contributed by atoms with Gasteiger partial charge in [0.1, 0.15) is 6.54 Å². The highest BCUT2D eigenvalue weighted by molar-refractivity contribution is 5.81. The van der Waals surface area contributed by atoms with E-state index >= 15 is 0 Å². The maximum Gasteiger partial charge on any atom is 0.273 e. The lowest BCUT2D eigenvalue weighted by atomic mass is 10.0. The van der Waals surface area contributed by atoms with Crippen molar-refractivity contribution in [2.75, 3.05) is 6.54 Å². The minimum Gasteiger partial charge on any atom is -0.354 e. The summed E-state index contributed by atoms with van der Waals surface area (Å²) in [7, 11) is 0. The van der Waals surface area contributed by atoms with Crippen LogP contribution in [0.4, 0.5) is 0 Å². The number of hydrogen-bond donors (Lipinski definition) is 2. The van der Waals surface area contributed by atoms with Gasteiger partial charge < -0.3 is 5.32 Å². The van der Waals surface area contributed by atoms with Crippen LogP contribution < -0.4 is 16.4 Å². The fourth-order valence-electron chi connectivity index (χ4n) is 2.72. The molecule has 0 aliphatic heterocycles. The highest BCUT2D eigenvalue weighted by atomic mass is 16.2. The molecule has 0 aliphatic rings.